The van der Waals surface area contributed by atoms with Crippen LogP contribution in [0.1, 0.15) is 65.0 Å². The molecule has 7 nitrogen and oxygen atoms in total. The molecule has 0 bridgehead atoms. The first-order chi connectivity index (χ1) is 15.2. The third-order valence-electron chi connectivity index (χ3n) is 7.63. The lowest BCUT2D eigenvalue weighted by atomic mass is 9.83. The zero-order valence-electron chi connectivity index (χ0n) is 19.9. The first kappa shape index (κ1) is 23.1. The van der Waals surface area contributed by atoms with Gasteiger partial charge in [-0.3, -0.25) is 4.90 Å². The maximum Gasteiger partial charge on any atom is 0.516 e. The lowest BCUT2D eigenvalue weighted by Crippen LogP contribution is -2.72. The van der Waals surface area contributed by atoms with Gasteiger partial charge in [0.25, 0.3) is 0 Å². The quantitative estimate of drug-likeness (QED) is 0.707. The fraction of sp³-hybridized carbons (Fsp3) is 0.680. The van der Waals surface area contributed by atoms with Gasteiger partial charge in [0, 0.05) is 44.8 Å². The summed E-state index contributed by atoms with van der Waals surface area (Å²) in [4.78, 5) is 28.3. The van der Waals surface area contributed by atoms with Gasteiger partial charge in [-0.2, -0.15) is 4.79 Å². The first-order valence-electron chi connectivity index (χ1n) is 12.0. The van der Waals surface area contributed by atoms with E-state index in [9.17, 15) is 9.59 Å². The van der Waals surface area contributed by atoms with E-state index in [0.29, 0.717) is 24.2 Å². The van der Waals surface area contributed by atoms with Crippen molar-refractivity contribution in [2.45, 2.75) is 76.6 Å². The Kier molecular flexibility index (Phi) is 6.25. The summed E-state index contributed by atoms with van der Waals surface area (Å²) in [5.74, 6) is 0. The Bertz CT molecular complexity index is 821. The van der Waals surface area contributed by atoms with Crippen molar-refractivity contribution in [3.8, 4) is 0 Å². The molecule has 176 valence electrons. The van der Waals surface area contributed by atoms with Crippen LogP contribution < -0.4 is 5.32 Å². The van der Waals surface area contributed by atoms with E-state index in [1.165, 1.54) is 0 Å². The number of ether oxygens (including phenoxy) is 2. The van der Waals surface area contributed by atoms with Gasteiger partial charge in [0.1, 0.15) is 17.7 Å². The highest BCUT2D eigenvalue weighted by molar-refractivity contribution is 5.71. The number of cyclic esters (lactones) is 1. The van der Waals surface area contributed by atoms with Crippen LogP contribution in [0, 0.1) is 0 Å². The first-order valence-corrected chi connectivity index (χ1v) is 12.0. The number of hydrogen-bond donors (Lipinski definition) is 1. The summed E-state index contributed by atoms with van der Waals surface area (Å²) in [7, 11) is 0. The van der Waals surface area contributed by atoms with E-state index in [2.05, 4.69) is 24.4 Å². The number of quaternary nitrogens is 1. The highest BCUT2D eigenvalue weighted by Crippen LogP contribution is 2.41. The third kappa shape index (κ3) is 4.25. The van der Waals surface area contributed by atoms with Crippen molar-refractivity contribution < 1.29 is 23.5 Å². The minimum absolute atomic E-state index is 0.0641. The Morgan fingerprint density at radius 3 is 2.38 bits per heavy atom. The van der Waals surface area contributed by atoms with E-state index in [-0.39, 0.29) is 29.8 Å². The van der Waals surface area contributed by atoms with Gasteiger partial charge >= 0.3 is 12.2 Å². The lowest BCUT2D eigenvalue weighted by Gasteiger charge is -2.54. The van der Waals surface area contributed by atoms with Crippen LogP contribution in [0.5, 0.6) is 0 Å². The number of nitrogens with zero attached hydrogens (tertiary/aromatic N) is 2. The van der Waals surface area contributed by atoms with Crippen molar-refractivity contribution >= 4 is 12.2 Å². The number of nitrogens with one attached hydrogen (secondary N) is 1. The number of carbonyl (C=O) groups is 2. The predicted octanol–water partition coefficient (Wildman–Crippen LogP) is 4.24. The average Bonchev–Trinajstić information content (AvgIpc) is 3.15. The number of carbonyl (C=O) groups excluding carboxylic acids is 2. The van der Waals surface area contributed by atoms with Gasteiger partial charge in [0.05, 0.1) is 19.1 Å². The van der Waals surface area contributed by atoms with Gasteiger partial charge in [-0.15, -0.1) is 0 Å². The predicted molar refractivity (Wildman–Crippen MR) is 122 cm³/mol. The van der Waals surface area contributed by atoms with Gasteiger partial charge < -0.3 is 14.8 Å². The Morgan fingerprint density at radius 1 is 1.16 bits per heavy atom. The van der Waals surface area contributed by atoms with Crippen LogP contribution in [0.2, 0.25) is 0 Å². The molecule has 32 heavy (non-hydrogen) atoms. The number of likely N-dealkylation sites (tertiary alicyclic amines) is 1. The highest BCUT2D eigenvalue weighted by atomic mass is 16.6. The Balaban J connectivity index is 1.57. The maximum absolute atomic E-state index is 13.6. The van der Waals surface area contributed by atoms with Crippen LogP contribution >= 0.6 is 0 Å². The van der Waals surface area contributed by atoms with Crippen LogP contribution in [-0.4, -0.2) is 71.5 Å². The number of benzene rings is 1. The van der Waals surface area contributed by atoms with E-state index in [1.54, 1.807) is 0 Å². The molecule has 0 spiro atoms. The van der Waals surface area contributed by atoms with E-state index in [4.69, 9.17) is 9.47 Å². The molecule has 3 saturated heterocycles. The Morgan fingerprint density at radius 2 is 1.78 bits per heavy atom. The molecule has 3 heterocycles. The average molecular weight is 445 g/mol. The van der Waals surface area contributed by atoms with Crippen LogP contribution in [0.25, 0.3) is 0 Å². The minimum Gasteiger partial charge on any atom is -0.447 e. The Hall–Kier alpha value is -2.12. The van der Waals surface area contributed by atoms with Crippen LogP contribution in [0.15, 0.2) is 30.3 Å². The molecule has 1 N–H and O–H groups in total. The molecule has 7 heteroatoms. The largest absolute Gasteiger partial charge is 0.516 e. The zero-order chi connectivity index (χ0) is 23.0. The third-order valence-corrected chi connectivity index (χ3v) is 7.63. The summed E-state index contributed by atoms with van der Waals surface area (Å²) in [5.41, 5.74) is 0.407. The monoisotopic (exact) mass is 444 g/mol. The molecule has 0 unspecified atom stereocenters. The molecule has 0 radical (unpaired) electrons. The van der Waals surface area contributed by atoms with E-state index >= 15 is 0 Å². The maximum atomic E-state index is 13.6. The molecule has 3 fully saturated rings. The van der Waals surface area contributed by atoms with Crippen LogP contribution in [0.3, 0.4) is 0 Å². The van der Waals surface area contributed by atoms with Crippen molar-refractivity contribution in [1.82, 2.24) is 10.2 Å². The van der Waals surface area contributed by atoms with Crippen molar-refractivity contribution in [3.05, 3.63) is 35.9 Å². The van der Waals surface area contributed by atoms with E-state index < -0.39 is 5.60 Å². The highest BCUT2D eigenvalue weighted by Gasteiger charge is 2.58. The molecule has 4 rings (SSSR count). The number of hydrogen-bond acceptors (Lipinski definition) is 5. The van der Waals surface area contributed by atoms with Gasteiger partial charge in [-0.25, -0.2) is 9.28 Å². The molecule has 0 aromatic heterocycles. The lowest BCUT2D eigenvalue weighted by molar-refractivity contribution is -0.915. The van der Waals surface area contributed by atoms with Crippen molar-refractivity contribution in [3.63, 3.8) is 0 Å². The van der Waals surface area contributed by atoms with Gasteiger partial charge in [0.15, 0.2) is 0 Å². The fourth-order valence-electron chi connectivity index (χ4n) is 5.73. The Labute approximate surface area is 191 Å². The molecular weight excluding hydrogens is 406 g/mol. The smallest absolute Gasteiger partial charge is 0.447 e. The molecule has 3 aliphatic heterocycles. The van der Waals surface area contributed by atoms with Gasteiger partial charge in [-0.05, 0) is 33.3 Å². The summed E-state index contributed by atoms with van der Waals surface area (Å²) in [6.45, 7) is 11.6. The van der Waals surface area contributed by atoms with Crippen molar-refractivity contribution in [2.75, 3.05) is 32.8 Å². The summed E-state index contributed by atoms with van der Waals surface area (Å²) < 4.78 is 11.8. The fourth-order valence-corrected chi connectivity index (χ4v) is 5.73. The number of rotatable bonds is 3. The van der Waals surface area contributed by atoms with Gasteiger partial charge in [-0.1, -0.05) is 30.3 Å². The second-order valence-electron chi connectivity index (χ2n) is 10.8. The second kappa shape index (κ2) is 8.67. The summed E-state index contributed by atoms with van der Waals surface area (Å²) in [6.07, 6.45) is 3.05. The zero-order valence-corrected chi connectivity index (χ0v) is 19.9. The molecule has 1 aromatic carbocycles. The van der Waals surface area contributed by atoms with Crippen LogP contribution in [-0.2, 0) is 9.47 Å². The van der Waals surface area contributed by atoms with Gasteiger partial charge in [0.2, 0.25) is 0 Å². The molecule has 0 saturated carbocycles. The SMILES string of the molecule is CC(C)(C)OC(=O)[N+]1(C2(C)CCNCC2)CCC(N2C(=O)OC[C@H]2c2ccccc2)CC1. The standard InChI is InChI=1S/C25H38N3O4/c1-24(2,3)32-23(30)28(25(4)12-14-26-15-13-25)16-10-20(11-17-28)27-21(18-31-22(27)29)19-8-6-5-7-9-19/h5-9,20-21,26H,10-18H2,1-4H3/q+1/t20?,21-,28?/m0/s1. The van der Waals surface area contributed by atoms with Crippen LogP contribution in [0.4, 0.5) is 9.59 Å². The van der Waals surface area contributed by atoms with Crippen molar-refractivity contribution in [1.29, 1.82) is 0 Å². The summed E-state index contributed by atoms with van der Waals surface area (Å²) >= 11 is 0. The molecule has 0 aliphatic carbocycles. The summed E-state index contributed by atoms with van der Waals surface area (Å²) in [6, 6.07) is 10.1. The molecule has 1 atom stereocenters. The van der Waals surface area contributed by atoms with E-state index in [0.717, 1.165) is 44.3 Å². The molecule has 1 aromatic rings. The number of piperidine rings is 2. The molecule has 3 aliphatic rings. The normalized spacial score (nSPS) is 30.6. The minimum atomic E-state index is -0.528. The molecule has 2 amide bonds. The summed E-state index contributed by atoms with van der Waals surface area (Å²) in [5, 5.41) is 3.44. The second-order valence-corrected chi connectivity index (χ2v) is 10.8. The van der Waals surface area contributed by atoms with Crippen molar-refractivity contribution in [2.24, 2.45) is 0 Å². The number of amides is 2. The molecular formula is C25H38N3O4+. The topological polar surface area (TPSA) is 67.9 Å². The van der Waals surface area contributed by atoms with E-state index in [1.807, 2.05) is 43.9 Å².